The molecule has 0 unspecified atom stereocenters. The Bertz CT molecular complexity index is 1140. The number of esters is 1. The number of ether oxygens (including phenoxy) is 1. The molecule has 4 rings (SSSR count). The van der Waals surface area contributed by atoms with Gasteiger partial charge in [-0.2, -0.15) is 0 Å². The maximum Gasteiger partial charge on any atom is 0.308 e. The van der Waals surface area contributed by atoms with Crippen molar-refractivity contribution < 1.29 is 14.3 Å². The Kier molecular flexibility index (Phi) is 5.77. The number of aliphatic imine (C=N–C) groups is 1. The van der Waals surface area contributed by atoms with Crippen LogP contribution in [-0.4, -0.2) is 17.0 Å². The van der Waals surface area contributed by atoms with Gasteiger partial charge in [-0.15, -0.1) is 0 Å². The van der Waals surface area contributed by atoms with Gasteiger partial charge in [0.15, 0.2) is 5.17 Å². The molecule has 30 heavy (non-hydrogen) atoms. The highest BCUT2D eigenvalue weighted by atomic mass is 32.2. The molecule has 0 bridgehead atoms. The second-order valence-corrected chi connectivity index (χ2v) is 7.49. The monoisotopic (exact) mass is 414 g/mol. The molecule has 148 valence electrons. The number of para-hydroxylation sites is 2. The van der Waals surface area contributed by atoms with Crippen LogP contribution in [0.25, 0.3) is 6.08 Å². The highest BCUT2D eigenvalue weighted by molar-refractivity contribution is 8.19. The van der Waals surface area contributed by atoms with E-state index in [2.05, 4.69) is 4.99 Å². The van der Waals surface area contributed by atoms with Gasteiger partial charge in [-0.05, 0) is 59.8 Å². The van der Waals surface area contributed by atoms with E-state index in [0.717, 1.165) is 16.9 Å². The van der Waals surface area contributed by atoms with Crippen LogP contribution in [0, 0.1) is 0 Å². The van der Waals surface area contributed by atoms with Crippen LogP contribution < -0.4 is 9.64 Å². The number of thioether (sulfide) groups is 1. The predicted octanol–water partition coefficient (Wildman–Crippen LogP) is 5.42. The third-order valence-corrected chi connectivity index (χ3v) is 5.19. The second kappa shape index (κ2) is 8.80. The van der Waals surface area contributed by atoms with Gasteiger partial charge in [0, 0.05) is 6.92 Å². The Labute approximate surface area is 178 Å². The van der Waals surface area contributed by atoms with Crippen molar-refractivity contribution in [2.45, 2.75) is 6.92 Å². The van der Waals surface area contributed by atoms with Gasteiger partial charge in [0.2, 0.25) is 0 Å². The molecule has 0 radical (unpaired) electrons. The molecule has 0 spiro atoms. The number of amides is 1. The summed E-state index contributed by atoms with van der Waals surface area (Å²) in [5.41, 5.74) is 2.28. The fourth-order valence-electron chi connectivity index (χ4n) is 2.95. The quantitative estimate of drug-likeness (QED) is 0.325. The fourth-order valence-corrected chi connectivity index (χ4v) is 3.95. The number of carbonyl (C=O) groups is 2. The number of hydrogen-bond donors (Lipinski definition) is 0. The third-order valence-electron chi connectivity index (χ3n) is 4.22. The zero-order valence-electron chi connectivity index (χ0n) is 16.2. The maximum absolute atomic E-state index is 13.2. The highest BCUT2D eigenvalue weighted by Gasteiger charge is 2.34. The van der Waals surface area contributed by atoms with Crippen LogP contribution in [0.3, 0.4) is 0 Å². The average Bonchev–Trinajstić information content (AvgIpc) is 3.04. The molecule has 3 aromatic carbocycles. The maximum atomic E-state index is 13.2. The van der Waals surface area contributed by atoms with E-state index in [1.807, 2.05) is 66.7 Å². The average molecular weight is 414 g/mol. The number of nitrogens with zero attached hydrogens (tertiary/aromatic N) is 2. The van der Waals surface area contributed by atoms with Crippen molar-refractivity contribution in [3.8, 4) is 5.75 Å². The Morgan fingerprint density at radius 1 is 0.967 bits per heavy atom. The van der Waals surface area contributed by atoms with Crippen molar-refractivity contribution in [1.82, 2.24) is 0 Å². The summed E-state index contributed by atoms with van der Waals surface area (Å²) in [7, 11) is 0. The summed E-state index contributed by atoms with van der Waals surface area (Å²) in [6.07, 6.45) is 1.78. The van der Waals surface area contributed by atoms with E-state index in [4.69, 9.17) is 4.74 Å². The van der Waals surface area contributed by atoms with Gasteiger partial charge in [0.1, 0.15) is 5.75 Å². The van der Waals surface area contributed by atoms with Gasteiger partial charge in [-0.3, -0.25) is 14.5 Å². The van der Waals surface area contributed by atoms with Crippen LogP contribution in [0.1, 0.15) is 12.5 Å². The molecule has 1 aliphatic rings. The van der Waals surface area contributed by atoms with E-state index in [0.29, 0.717) is 15.8 Å². The molecule has 5 nitrogen and oxygen atoms in total. The van der Waals surface area contributed by atoms with Gasteiger partial charge < -0.3 is 4.74 Å². The normalized spacial score (nSPS) is 16.3. The minimum Gasteiger partial charge on any atom is -0.427 e. The van der Waals surface area contributed by atoms with E-state index in [-0.39, 0.29) is 5.91 Å². The van der Waals surface area contributed by atoms with E-state index < -0.39 is 5.97 Å². The van der Waals surface area contributed by atoms with E-state index in [1.165, 1.54) is 18.7 Å². The smallest absolute Gasteiger partial charge is 0.308 e. The summed E-state index contributed by atoms with van der Waals surface area (Å²) in [6, 6.07) is 26.0. The molecule has 0 aromatic heterocycles. The van der Waals surface area contributed by atoms with Crippen LogP contribution in [0.5, 0.6) is 5.75 Å². The van der Waals surface area contributed by atoms with Crippen LogP contribution in [0.15, 0.2) is 94.8 Å². The summed E-state index contributed by atoms with van der Waals surface area (Å²) >= 11 is 1.31. The van der Waals surface area contributed by atoms with Crippen molar-refractivity contribution in [2.75, 3.05) is 4.90 Å². The summed E-state index contributed by atoms with van der Waals surface area (Å²) < 4.78 is 5.14. The Hall–Kier alpha value is -3.64. The number of carbonyl (C=O) groups excluding carboxylic acids is 2. The first-order chi connectivity index (χ1) is 14.6. The zero-order chi connectivity index (χ0) is 20.9. The molecule has 1 heterocycles. The topological polar surface area (TPSA) is 59.0 Å². The molecule has 1 fully saturated rings. The molecule has 0 atom stereocenters. The van der Waals surface area contributed by atoms with Gasteiger partial charge >= 0.3 is 5.97 Å². The van der Waals surface area contributed by atoms with Crippen molar-refractivity contribution in [3.63, 3.8) is 0 Å². The molecular formula is C24H18N2O3S. The Balaban J connectivity index is 1.72. The lowest BCUT2D eigenvalue weighted by Crippen LogP contribution is -2.28. The van der Waals surface area contributed by atoms with Crippen molar-refractivity contribution >= 4 is 46.3 Å². The van der Waals surface area contributed by atoms with Gasteiger partial charge in [0.25, 0.3) is 5.91 Å². The minimum atomic E-state index is -0.390. The first kappa shape index (κ1) is 19.7. The molecule has 1 saturated heterocycles. The van der Waals surface area contributed by atoms with Crippen molar-refractivity contribution in [2.24, 2.45) is 4.99 Å². The first-order valence-corrected chi connectivity index (χ1v) is 10.1. The highest BCUT2D eigenvalue weighted by Crippen LogP contribution is 2.37. The summed E-state index contributed by atoms with van der Waals surface area (Å²) in [4.78, 5) is 31.3. The van der Waals surface area contributed by atoms with Gasteiger partial charge in [-0.25, -0.2) is 4.99 Å². The molecule has 6 heteroatoms. The van der Waals surface area contributed by atoms with E-state index in [9.17, 15) is 9.59 Å². The fraction of sp³-hybridized carbons (Fsp3) is 0.0417. The lowest BCUT2D eigenvalue weighted by molar-refractivity contribution is -0.131. The predicted molar refractivity (Wildman–Crippen MR) is 121 cm³/mol. The Morgan fingerprint density at radius 3 is 2.37 bits per heavy atom. The third kappa shape index (κ3) is 4.50. The van der Waals surface area contributed by atoms with Crippen LogP contribution in [0.4, 0.5) is 11.4 Å². The number of hydrogen-bond acceptors (Lipinski definition) is 5. The largest absolute Gasteiger partial charge is 0.427 e. The summed E-state index contributed by atoms with van der Waals surface area (Å²) in [5.74, 6) is -0.109. The molecule has 1 aliphatic heterocycles. The molecule has 0 aliphatic carbocycles. The van der Waals surface area contributed by atoms with E-state index in [1.54, 1.807) is 29.2 Å². The van der Waals surface area contributed by atoms with Crippen molar-refractivity contribution in [1.29, 1.82) is 0 Å². The zero-order valence-corrected chi connectivity index (χ0v) is 17.0. The van der Waals surface area contributed by atoms with Crippen molar-refractivity contribution in [3.05, 3.63) is 95.4 Å². The Morgan fingerprint density at radius 2 is 1.67 bits per heavy atom. The van der Waals surface area contributed by atoms with Crippen LogP contribution >= 0.6 is 11.8 Å². The molecule has 0 saturated carbocycles. The molecule has 1 amide bonds. The van der Waals surface area contributed by atoms with Crippen LogP contribution in [-0.2, 0) is 9.59 Å². The molecule has 3 aromatic rings. The van der Waals surface area contributed by atoms with Gasteiger partial charge in [-0.1, -0.05) is 48.5 Å². The number of amidine groups is 1. The number of rotatable bonds is 4. The SMILES string of the molecule is CC(=O)Oc1cccc(C=C2SC(=Nc3ccccc3)N(c3ccccc3)C2=O)c1. The molecule has 0 N–H and O–H groups in total. The molecular weight excluding hydrogens is 396 g/mol. The number of anilines is 1. The van der Waals surface area contributed by atoms with Crippen LogP contribution in [0.2, 0.25) is 0 Å². The summed E-state index contributed by atoms with van der Waals surface area (Å²) in [6.45, 7) is 1.35. The standard InChI is InChI=1S/C24H18N2O3S/c1-17(27)29-21-14-8-9-18(15-21)16-22-23(28)26(20-12-6-3-7-13-20)24(30-22)25-19-10-4-2-5-11-19/h2-16H,1H3. The second-order valence-electron chi connectivity index (χ2n) is 6.48. The van der Waals surface area contributed by atoms with Gasteiger partial charge in [0.05, 0.1) is 16.3 Å². The lowest BCUT2D eigenvalue weighted by atomic mass is 10.2. The lowest BCUT2D eigenvalue weighted by Gasteiger charge is -2.15. The first-order valence-electron chi connectivity index (χ1n) is 9.31. The minimum absolute atomic E-state index is 0.154. The number of benzene rings is 3. The van der Waals surface area contributed by atoms with E-state index >= 15 is 0 Å². The summed E-state index contributed by atoms with van der Waals surface area (Å²) in [5, 5.41) is 0.583.